The van der Waals surface area contributed by atoms with Gasteiger partial charge in [-0.2, -0.15) is 0 Å². The smallest absolute Gasteiger partial charge is 0.303 e. The highest BCUT2D eigenvalue weighted by molar-refractivity contribution is 5.66. The van der Waals surface area contributed by atoms with Crippen LogP contribution in [0.4, 0.5) is 0 Å². The Morgan fingerprint density at radius 2 is 0.536 bits per heavy atom. The highest BCUT2D eigenvalue weighted by Crippen LogP contribution is 2.38. The molecule has 0 aromatic heterocycles. The average molecular weight is 1320 g/mol. The van der Waals surface area contributed by atoms with Crippen LogP contribution in [0, 0.1) is 0 Å². The van der Waals surface area contributed by atoms with Gasteiger partial charge in [0.1, 0.15) is 61.0 Å². The first-order valence-electron chi connectivity index (χ1n) is 33.0. The highest BCUT2D eigenvalue weighted by atomic mass is 16.8. The Bertz CT molecular complexity index is 3510. The molecule has 0 saturated carbocycles. The van der Waals surface area contributed by atoms with Crippen LogP contribution in [-0.2, 0) is 138 Å². The van der Waals surface area contributed by atoms with Crippen LogP contribution in [0.15, 0.2) is 243 Å². The standard InChI is InChI=1S/C79H86O18/c1-55(80)92-75-71(87-48-61-36-20-8-21-37-61)68(85-46-59-32-16-6-17-33-59)65(52-83-44-57-28-12-4-13-29-57)95-78(75)91-54-67-70(73(89-50-63-40-24-10-25-41-63)74(77(82-3)94-67)90-51-64-42-26-11-27-43-64)97-79-76(93-56(2)81)72(88-49-62-38-22-9-23-39-62)69(86-47-60-34-18-7-19-35-60)66(96-79)53-84-45-58-30-14-5-15-31-58/h4-43,65-79H,44-54H2,1-3H3/t65?,66?,67?,68-,69-,70-,71?,72?,73?,74?,75?,76?,77+,78-,79-/m1/s1. The van der Waals surface area contributed by atoms with E-state index in [4.69, 9.17) is 75.8 Å². The maximum atomic E-state index is 13.8. The highest BCUT2D eigenvalue weighted by Gasteiger charge is 2.57. The maximum Gasteiger partial charge on any atom is 0.303 e. The molecule has 8 aromatic rings. The van der Waals surface area contributed by atoms with E-state index in [1.54, 1.807) is 0 Å². The van der Waals surface area contributed by atoms with Crippen molar-refractivity contribution in [2.45, 2.75) is 159 Å². The Morgan fingerprint density at radius 1 is 0.278 bits per heavy atom. The molecule has 510 valence electrons. The summed E-state index contributed by atoms with van der Waals surface area (Å²) >= 11 is 0. The number of rotatable bonds is 34. The van der Waals surface area contributed by atoms with Gasteiger partial charge in [0.05, 0.1) is 72.7 Å². The van der Waals surface area contributed by atoms with E-state index in [2.05, 4.69) is 0 Å². The molecule has 0 N–H and O–H groups in total. The second-order valence-electron chi connectivity index (χ2n) is 24.0. The number of esters is 2. The van der Waals surface area contributed by atoms with E-state index in [1.165, 1.54) is 21.0 Å². The van der Waals surface area contributed by atoms with Gasteiger partial charge in [0.25, 0.3) is 0 Å². The molecule has 97 heavy (non-hydrogen) atoms. The topological polar surface area (TPSA) is 182 Å². The molecule has 18 heteroatoms. The first-order valence-corrected chi connectivity index (χ1v) is 33.0. The molecule has 8 aromatic carbocycles. The summed E-state index contributed by atoms with van der Waals surface area (Å²) in [4.78, 5) is 27.4. The first kappa shape index (κ1) is 70.5. The number of methoxy groups -OCH3 is 1. The second-order valence-corrected chi connectivity index (χ2v) is 24.0. The molecule has 3 fully saturated rings. The number of hydrogen-bond acceptors (Lipinski definition) is 18. The Morgan fingerprint density at radius 3 is 0.856 bits per heavy atom. The summed E-state index contributed by atoms with van der Waals surface area (Å²) < 4.78 is 110. The Kier molecular flexibility index (Phi) is 27.0. The normalized spacial score (nSPS) is 25.6. The Hall–Kier alpha value is -7.86. The van der Waals surface area contributed by atoms with Crippen molar-refractivity contribution in [3.05, 3.63) is 287 Å². The van der Waals surface area contributed by atoms with Crippen LogP contribution in [-0.4, -0.2) is 131 Å². The van der Waals surface area contributed by atoms with Gasteiger partial charge in [0.2, 0.25) is 0 Å². The van der Waals surface area contributed by atoms with E-state index in [9.17, 15) is 9.59 Å². The van der Waals surface area contributed by atoms with Gasteiger partial charge in [-0.15, -0.1) is 0 Å². The van der Waals surface area contributed by atoms with Gasteiger partial charge in [0, 0.05) is 21.0 Å². The molecule has 3 aliphatic heterocycles. The number of carbonyl (C=O) groups excluding carboxylic acids is 2. The van der Waals surface area contributed by atoms with Gasteiger partial charge in [-0.25, -0.2) is 0 Å². The summed E-state index contributed by atoms with van der Waals surface area (Å²) in [6.07, 6.45) is -16.7. The molecule has 18 nitrogen and oxygen atoms in total. The summed E-state index contributed by atoms with van der Waals surface area (Å²) in [5.74, 6) is -1.26. The molecule has 9 unspecified atom stereocenters. The lowest BCUT2D eigenvalue weighted by Gasteiger charge is -2.50. The van der Waals surface area contributed by atoms with Crippen LogP contribution < -0.4 is 0 Å². The van der Waals surface area contributed by atoms with Crippen LogP contribution in [0.1, 0.15) is 58.4 Å². The molecule has 3 saturated heterocycles. The van der Waals surface area contributed by atoms with Crippen molar-refractivity contribution in [2.75, 3.05) is 26.9 Å². The van der Waals surface area contributed by atoms with Crippen molar-refractivity contribution in [1.82, 2.24) is 0 Å². The van der Waals surface area contributed by atoms with Crippen molar-refractivity contribution in [3.8, 4) is 0 Å². The minimum Gasteiger partial charge on any atom is -0.454 e. The van der Waals surface area contributed by atoms with Crippen LogP contribution in [0.5, 0.6) is 0 Å². The fourth-order valence-corrected chi connectivity index (χ4v) is 12.1. The fourth-order valence-electron chi connectivity index (χ4n) is 12.1. The lowest BCUT2D eigenvalue weighted by atomic mass is 9.95. The van der Waals surface area contributed by atoms with Crippen molar-refractivity contribution in [3.63, 3.8) is 0 Å². The molecular weight excluding hydrogens is 1240 g/mol. The summed E-state index contributed by atoms with van der Waals surface area (Å²) in [5.41, 5.74) is 7.09. The molecule has 0 amide bonds. The second kappa shape index (κ2) is 37.2. The molecule has 0 bridgehead atoms. The molecule has 11 rings (SSSR count). The third-order valence-electron chi connectivity index (χ3n) is 16.8. The molecule has 0 radical (unpaired) electrons. The van der Waals surface area contributed by atoms with Crippen LogP contribution >= 0.6 is 0 Å². The van der Waals surface area contributed by atoms with E-state index in [-0.39, 0.29) is 72.7 Å². The van der Waals surface area contributed by atoms with Crippen molar-refractivity contribution in [1.29, 1.82) is 0 Å². The Balaban J connectivity index is 0.987. The quantitative estimate of drug-likeness (QED) is 0.0347. The Labute approximate surface area is 567 Å². The average Bonchev–Trinajstić information content (AvgIpc) is 0.779. The third-order valence-corrected chi connectivity index (χ3v) is 16.8. The van der Waals surface area contributed by atoms with Crippen molar-refractivity contribution < 1.29 is 85.4 Å². The first-order chi connectivity index (χ1) is 47.7. The minimum atomic E-state index is -1.46. The predicted octanol–water partition coefficient (Wildman–Crippen LogP) is 12.0. The zero-order valence-electron chi connectivity index (χ0n) is 54.9. The van der Waals surface area contributed by atoms with Gasteiger partial charge in [-0.3, -0.25) is 9.59 Å². The molecular formula is C79H86O18. The fraction of sp³-hybridized carbons (Fsp3) is 0.367. The van der Waals surface area contributed by atoms with E-state index < -0.39 is 104 Å². The third kappa shape index (κ3) is 20.8. The van der Waals surface area contributed by atoms with E-state index in [1.807, 2.05) is 243 Å². The van der Waals surface area contributed by atoms with Crippen molar-refractivity contribution >= 4 is 11.9 Å². The van der Waals surface area contributed by atoms with Crippen LogP contribution in [0.3, 0.4) is 0 Å². The van der Waals surface area contributed by atoms with Gasteiger partial charge >= 0.3 is 11.9 Å². The van der Waals surface area contributed by atoms with Gasteiger partial charge in [-0.1, -0.05) is 243 Å². The molecule has 3 heterocycles. The zero-order valence-corrected chi connectivity index (χ0v) is 54.9. The van der Waals surface area contributed by atoms with Gasteiger partial charge in [-0.05, 0) is 44.5 Å². The lowest BCUT2D eigenvalue weighted by molar-refractivity contribution is -0.378. The number of ether oxygens (including phenoxy) is 16. The predicted molar refractivity (Wildman–Crippen MR) is 357 cm³/mol. The summed E-state index contributed by atoms with van der Waals surface area (Å²) in [6, 6.07) is 77.8. The summed E-state index contributed by atoms with van der Waals surface area (Å²) in [5, 5.41) is 0. The number of benzene rings is 8. The zero-order chi connectivity index (χ0) is 66.8. The van der Waals surface area contributed by atoms with Crippen LogP contribution in [0.2, 0.25) is 0 Å². The van der Waals surface area contributed by atoms with Crippen LogP contribution in [0.25, 0.3) is 0 Å². The molecule has 0 spiro atoms. The maximum absolute atomic E-state index is 13.8. The summed E-state index contributed by atoms with van der Waals surface area (Å²) in [6.45, 7) is 3.48. The van der Waals surface area contributed by atoms with E-state index in [0.717, 1.165) is 44.5 Å². The van der Waals surface area contributed by atoms with Crippen molar-refractivity contribution in [2.24, 2.45) is 0 Å². The van der Waals surface area contributed by atoms with E-state index in [0.29, 0.717) is 0 Å². The molecule has 0 aliphatic carbocycles. The van der Waals surface area contributed by atoms with Gasteiger partial charge in [0.15, 0.2) is 31.1 Å². The molecule has 3 aliphatic rings. The largest absolute Gasteiger partial charge is 0.454 e. The number of hydrogen-bond donors (Lipinski definition) is 0. The van der Waals surface area contributed by atoms with E-state index >= 15 is 0 Å². The number of carbonyl (C=O) groups is 2. The van der Waals surface area contributed by atoms with Gasteiger partial charge < -0.3 is 75.8 Å². The lowest BCUT2D eigenvalue weighted by Crippen LogP contribution is -2.67. The SMILES string of the molecule is CO[C@H]1OC(CO[C@@H]2OC(COCc3ccccc3)[C@@H](OCc3ccccc3)C(OCc3ccccc3)C2OC(C)=O)[C@@H](O[C@H]2OC(COCc3ccccc3)[C@@H](OCc3ccccc3)C(OCc3ccccc3)C2OC(C)=O)C(OCc2ccccc2)C1OCc1ccccc1. The monoisotopic (exact) mass is 1320 g/mol. The molecule has 15 atom stereocenters. The minimum absolute atomic E-state index is 0.00972. The summed E-state index contributed by atoms with van der Waals surface area (Å²) in [7, 11) is 1.52.